The Labute approximate surface area is 105 Å². The molecule has 16 heavy (non-hydrogen) atoms. The molecule has 0 saturated carbocycles. The lowest BCUT2D eigenvalue weighted by Gasteiger charge is -2.21. The third-order valence-corrected chi connectivity index (χ3v) is 3.65. The zero-order valence-electron chi connectivity index (χ0n) is 9.80. The van der Waals surface area contributed by atoms with E-state index in [1.54, 1.807) is 12.2 Å². The van der Waals surface area contributed by atoms with Crippen LogP contribution < -0.4 is 0 Å². The Morgan fingerprint density at radius 1 is 1.44 bits per heavy atom. The zero-order valence-corrected chi connectivity index (χ0v) is 11.4. The molecule has 1 aliphatic rings. The SMILES string of the molecule is CCCCC[C@@H](C)C1=CC=C(Br)C(=O)C1F. The van der Waals surface area contributed by atoms with Gasteiger partial charge in [0.1, 0.15) is 0 Å². The number of halogens is 2. The molecule has 0 aromatic heterocycles. The molecule has 0 N–H and O–H groups in total. The summed E-state index contributed by atoms with van der Waals surface area (Å²) in [6, 6.07) is 0. The largest absolute Gasteiger partial charge is 0.290 e. The van der Waals surface area contributed by atoms with Crippen LogP contribution in [-0.4, -0.2) is 12.0 Å². The summed E-state index contributed by atoms with van der Waals surface area (Å²) in [5.74, 6) is -0.290. The summed E-state index contributed by atoms with van der Waals surface area (Å²) in [4.78, 5) is 11.4. The van der Waals surface area contributed by atoms with Crippen LogP contribution in [-0.2, 0) is 4.79 Å². The van der Waals surface area contributed by atoms with Gasteiger partial charge < -0.3 is 0 Å². The molecule has 1 unspecified atom stereocenters. The first kappa shape index (κ1) is 13.6. The molecule has 2 atom stereocenters. The number of Topliss-reactive ketones (excluding diaryl/α,β-unsaturated/α-hetero) is 1. The third-order valence-electron chi connectivity index (χ3n) is 2.99. The minimum Gasteiger partial charge on any atom is -0.290 e. The highest BCUT2D eigenvalue weighted by atomic mass is 79.9. The van der Waals surface area contributed by atoms with E-state index in [-0.39, 0.29) is 5.92 Å². The Hall–Kier alpha value is -0.440. The number of carbonyl (C=O) groups excluding carboxylic acids is 1. The molecule has 1 aliphatic carbocycles. The molecule has 90 valence electrons. The van der Waals surface area contributed by atoms with E-state index in [4.69, 9.17) is 0 Å². The first-order valence-corrected chi connectivity index (χ1v) is 6.62. The number of ketones is 1. The molecule has 0 aromatic carbocycles. The summed E-state index contributed by atoms with van der Waals surface area (Å²) < 4.78 is 14.1. The lowest BCUT2D eigenvalue weighted by Crippen LogP contribution is -2.24. The summed E-state index contributed by atoms with van der Waals surface area (Å²) in [7, 11) is 0. The number of allylic oxidation sites excluding steroid dienone is 4. The molecule has 0 spiro atoms. The average Bonchev–Trinajstić information content (AvgIpc) is 2.26. The van der Waals surface area contributed by atoms with Crippen molar-refractivity contribution >= 4 is 21.7 Å². The summed E-state index contributed by atoms with van der Waals surface area (Å²) >= 11 is 3.06. The topological polar surface area (TPSA) is 17.1 Å². The van der Waals surface area contributed by atoms with Gasteiger partial charge in [-0.05, 0) is 39.9 Å². The van der Waals surface area contributed by atoms with Crippen molar-refractivity contribution in [1.29, 1.82) is 0 Å². The molecule has 0 fully saturated rings. The molecule has 1 rings (SSSR count). The van der Waals surface area contributed by atoms with Crippen LogP contribution >= 0.6 is 15.9 Å². The van der Waals surface area contributed by atoms with E-state index in [9.17, 15) is 9.18 Å². The van der Waals surface area contributed by atoms with E-state index >= 15 is 0 Å². The van der Waals surface area contributed by atoms with Crippen LogP contribution in [0.15, 0.2) is 22.2 Å². The highest BCUT2D eigenvalue weighted by Gasteiger charge is 2.29. The van der Waals surface area contributed by atoms with Gasteiger partial charge in [-0.25, -0.2) is 4.39 Å². The molecule has 1 nitrogen and oxygen atoms in total. The standard InChI is InChI=1S/C13H18BrFO/c1-3-4-5-6-9(2)10-7-8-11(14)13(16)12(10)15/h7-9,12H,3-6H2,1-2H3/t9-,12?/m1/s1. The molecule has 0 aromatic rings. The smallest absolute Gasteiger partial charge is 0.208 e. The highest BCUT2D eigenvalue weighted by Crippen LogP contribution is 2.29. The maximum atomic E-state index is 13.8. The average molecular weight is 289 g/mol. The molecule has 0 amide bonds. The predicted octanol–water partition coefficient (Wildman–Crippen LogP) is 4.33. The normalized spacial score (nSPS) is 22.8. The van der Waals surface area contributed by atoms with E-state index in [0.717, 1.165) is 19.3 Å². The molecule has 0 bridgehead atoms. The van der Waals surface area contributed by atoms with Gasteiger partial charge in [0.2, 0.25) is 5.78 Å². The van der Waals surface area contributed by atoms with Crippen molar-refractivity contribution in [2.75, 3.05) is 0 Å². The van der Waals surface area contributed by atoms with Gasteiger partial charge in [-0.15, -0.1) is 0 Å². The maximum absolute atomic E-state index is 13.8. The number of alkyl halides is 1. The van der Waals surface area contributed by atoms with Crippen molar-refractivity contribution in [3.05, 3.63) is 22.2 Å². The van der Waals surface area contributed by atoms with Crippen molar-refractivity contribution < 1.29 is 9.18 Å². The first-order chi connectivity index (χ1) is 7.57. The van der Waals surface area contributed by atoms with Crippen LogP contribution in [0.2, 0.25) is 0 Å². The molecule has 0 saturated heterocycles. The number of carbonyl (C=O) groups is 1. The number of rotatable bonds is 5. The van der Waals surface area contributed by atoms with Gasteiger partial charge in [-0.3, -0.25) is 4.79 Å². The number of hydrogen-bond donors (Lipinski definition) is 0. The fourth-order valence-electron chi connectivity index (χ4n) is 1.89. The van der Waals surface area contributed by atoms with Crippen molar-refractivity contribution in [2.24, 2.45) is 5.92 Å². The quantitative estimate of drug-likeness (QED) is 0.688. The predicted molar refractivity (Wildman–Crippen MR) is 68.3 cm³/mol. The first-order valence-electron chi connectivity index (χ1n) is 5.83. The van der Waals surface area contributed by atoms with E-state index in [1.165, 1.54) is 6.42 Å². The van der Waals surface area contributed by atoms with Gasteiger partial charge >= 0.3 is 0 Å². The second kappa shape index (κ2) is 6.33. The summed E-state index contributed by atoms with van der Waals surface area (Å²) in [6.07, 6.45) is 6.34. The molecule has 0 heterocycles. The van der Waals surface area contributed by atoms with Crippen LogP contribution in [0.3, 0.4) is 0 Å². The van der Waals surface area contributed by atoms with Gasteiger partial charge in [-0.1, -0.05) is 39.2 Å². The van der Waals surface area contributed by atoms with Crippen molar-refractivity contribution in [2.45, 2.75) is 45.7 Å². The number of unbranched alkanes of at least 4 members (excludes halogenated alkanes) is 2. The van der Waals surface area contributed by atoms with Gasteiger partial charge in [0.25, 0.3) is 0 Å². The Morgan fingerprint density at radius 3 is 2.75 bits per heavy atom. The second-order valence-corrected chi connectivity index (χ2v) is 5.16. The molecule has 0 radical (unpaired) electrons. The lowest BCUT2D eigenvalue weighted by molar-refractivity contribution is -0.118. The Kier molecular flexibility index (Phi) is 5.39. The second-order valence-electron chi connectivity index (χ2n) is 4.30. The van der Waals surface area contributed by atoms with E-state index in [0.29, 0.717) is 10.1 Å². The van der Waals surface area contributed by atoms with Gasteiger partial charge in [-0.2, -0.15) is 0 Å². The van der Waals surface area contributed by atoms with Crippen molar-refractivity contribution in [1.82, 2.24) is 0 Å². The summed E-state index contributed by atoms with van der Waals surface area (Å²) in [5.41, 5.74) is 0.629. The number of hydrogen-bond acceptors (Lipinski definition) is 1. The van der Waals surface area contributed by atoms with Crippen LogP contribution in [0.4, 0.5) is 4.39 Å². The fourth-order valence-corrected chi connectivity index (χ4v) is 2.22. The molecular formula is C13H18BrFO. The lowest BCUT2D eigenvalue weighted by atomic mass is 9.87. The monoisotopic (exact) mass is 288 g/mol. The minimum absolute atomic E-state index is 0.155. The maximum Gasteiger partial charge on any atom is 0.208 e. The van der Waals surface area contributed by atoms with E-state index < -0.39 is 12.0 Å². The van der Waals surface area contributed by atoms with Crippen LogP contribution in [0.1, 0.15) is 39.5 Å². The fraction of sp³-hybridized carbons (Fsp3) is 0.615. The Morgan fingerprint density at radius 2 is 2.12 bits per heavy atom. The van der Waals surface area contributed by atoms with Crippen LogP contribution in [0, 0.1) is 5.92 Å². The van der Waals surface area contributed by atoms with Gasteiger partial charge in [0, 0.05) is 0 Å². The van der Waals surface area contributed by atoms with E-state index in [2.05, 4.69) is 22.9 Å². The molecular weight excluding hydrogens is 271 g/mol. The van der Waals surface area contributed by atoms with Crippen molar-refractivity contribution in [3.63, 3.8) is 0 Å². The van der Waals surface area contributed by atoms with Crippen LogP contribution in [0.5, 0.6) is 0 Å². The zero-order chi connectivity index (χ0) is 12.1. The highest BCUT2D eigenvalue weighted by molar-refractivity contribution is 9.12. The minimum atomic E-state index is -1.45. The van der Waals surface area contributed by atoms with E-state index in [1.807, 2.05) is 6.92 Å². The Balaban J connectivity index is 2.62. The summed E-state index contributed by atoms with van der Waals surface area (Å²) in [5, 5.41) is 0. The summed E-state index contributed by atoms with van der Waals surface area (Å²) in [6.45, 7) is 4.14. The van der Waals surface area contributed by atoms with Gasteiger partial charge in [0.15, 0.2) is 6.17 Å². The van der Waals surface area contributed by atoms with Crippen LogP contribution in [0.25, 0.3) is 0 Å². The Bertz CT molecular complexity index is 320. The van der Waals surface area contributed by atoms with Crippen molar-refractivity contribution in [3.8, 4) is 0 Å². The van der Waals surface area contributed by atoms with Gasteiger partial charge in [0.05, 0.1) is 4.48 Å². The third kappa shape index (κ3) is 3.27. The molecule has 0 aliphatic heterocycles. The molecule has 3 heteroatoms.